The second kappa shape index (κ2) is 6.39. The van der Waals surface area contributed by atoms with Crippen LogP contribution >= 0.6 is 11.8 Å². The van der Waals surface area contributed by atoms with E-state index in [1.54, 1.807) is 0 Å². The SMILES string of the molecule is O=C(O)CSc1nc2ccccc2n1CC(=O)N1CCCC1. The van der Waals surface area contributed by atoms with E-state index in [0.717, 1.165) is 48.7 Å². The molecule has 2 aromatic rings. The van der Waals surface area contributed by atoms with Gasteiger partial charge in [-0.2, -0.15) is 0 Å². The Bertz CT molecular complexity index is 707. The van der Waals surface area contributed by atoms with Gasteiger partial charge in [-0.05, 0) is 25.0 Å². The first kappa shape index (κ1) is 14.9. The van der Waals surface area contributed by atoms with Crippen molar-refractivity contribution in [1.29, 1.82) is 0 Å². The minimum absolute atomic E-state index is 0.0674. The molecule has 1 aliphatic rings. The van der Waals surface area contributed by atoms with Gasteiger partial charge in [0.15, 0.2) is 5.16 Å². The van der Waals surface area contributed by atoms with Crippen molar-refractivity contribution in [2.24, 2.45) is 0 Å². The molecule has 0 unspecified atom stereocenters. The van der Waals surface area contributed by atoms with Crippen molar-refractivity contribution in [2.45, 2.75) is 24.5 Å². The van der Waals surface area contributed by atoms with Crippen molar-refractivity contribution in [2.75, 3.05) is 18.8 Å². The molecule has 1 fully saturated rings. The Labute approximate surface area is 132 Å². The lowest BCUT2D eigenvalue weighted by Gasteiger charge is -2.16. The highest BCUT2D eigenvalue weighted by atomic mass is 32.2. The van der Waals surface area contributed by atoms with Gasteiger partial charge in [0, 0.05) is 13.1 Å². The molecular weight excluding hydrogens is 302 g/mol. The van der Waals surface area contributed by atoms with Crippen LogP contribution in [0.2, 0.25) is 0 Å². The molecule has 1 aliphatic heterocycles. The first-order valence-electron chi connectivity index (χ1n) is 7.23. The first-order valence-corrected chi connectivity index (χ1v) is 8.21. The minimum atomic E-state index is -0.894. The fourth-order valence-corrected chi connectivity index (χ4v) is 3.38. The van der Waals surface area contributed by atoms with Gasteiger partial charge < -0.3 is 14.6 Å². The Hall–Kier alpha value is -2.02. The van der Waals surface area contributed by atoms with Crippen molar-refractivity contribution in [1.82, 2.24) is 14.5 Å². The topological polar surface area (TPSA) is 75.4 Å². The number of aliphatic carboxylic acids is 1. The Balaban J connectivity index is 1.89. The Morgan fingerprint density at radius 3 is 2.68 bits per heavy atom. The third-order valence-corrected chi connectivity index (χ3v) is 4.66. The van der Waals surface area contributed by atoms with Crippen LogP contribution < -0.4 is 0 Å². The number of carboxylic acid groups (broad SMARTS) is 1. The van der Waals surface area contributed by atoms with E-state index in [9.17, 15) is 9.59 Å². The molecule has 1 aromatic carbocycles. The van der Waals surface area contributed by atoms with Gasteiger partial charge in [0.05, 0.1) is 16.8 Å². The largest absolute Gasteiger partial charge is 0.481 e. The second-order valence-corrected chi connectivity index (χ2v) is 6.18. The first-order chi connectivity index (χ1) is 10.6. The molecule has 1 aromatic heterocycles. The maximum absolute atomic E-state index is 12.4. The summed E-state index contributed by atoms with van der Waals surface area (Å²) in [7, 11) is 0. The van der Waals surface area contributed by atoms with E-state index in [4.69, 9.17) is 5.11 Å². The number of hydrogen-bond donors (Lipinski definition) is 1. The Morgan fingerprint density at radius 1 is 1.23 bits per heavy atom. The second-order valence-electron chi connectivity index (χ2n) is 5.24. The number of benzene rings is 1. The minimum Gasteiger partial charge on any atom is -0.481 e. The smallest absolute Gasteiger partial charge is 0.313 e. The van der Waals surface area contributed by atoms with Crippen LogP contribution in [0.25, 0.3) is 11.0 Å². The van der Waals surface area contributed by atoms with Crippen molar-refractivity contribution in [3.05, 3.63) is 24.3 Å². The molecule has 22 heavy (non-hydrogen) atoms. The fraction of sp³-hybridized carbons (Fsp3) is 0.400. The summed E-state index contributed by atoms with van der Waals surface area (Å²) >= 11 is 1.15. The molecule has 6 nitrogen and oxygen atoms in total. The number of imidazole rings is 1. The summed E-state index contributed by atoms with van der Waals surface area (Å²) in [6.45, 7) is 1.83. The maximum Gasteiger partial charge on any atom is 0.313 e. The summed E-state index contributed by atoms with van der Waals surface area (Å²) in [5, 5.41) is 9.44. The lowest BCUT2D eigenvalue weighted by Crippen LogP contribution is -2.31. The highest BCUT2D eigenvalue weighted by Gasteiger charge is 2.21. The van der Waals surface area contributed by atoms with E-state index in [1.807, 2.05) is 33.7 Å². The summed E-state index contributed by atoms with van der Waals surface area (Å²) in [5.41, 5.74) is 1.65. The predicted octanol–water partition coefficient (Wildman–Crippen LogP) is 1.84. The van der Waals surface area contributed by atoms with Gasteiger partial charge in [0.25, 0.3) is 0 Å². The van der Waals surface area contributed by atoms with Gasteiger partial charge >= 0.3 is 5.97 Å². The number of hydrogen-bond acceptors (Lipinski definition) is 4. The van der Waals surface area contributed by atoms with Crippen LogP contribution in [0, 0.1) is 0 Å². The Kier molecular flexibility index (Phi) is 4.33. The number of rotatable bonds is 5. The molecule has 0 atom stereocenters. The van der Waals surface area contributed by atoms with Crippen molar-refractivity contribution in [3.63, 3.8) is 0 Å². The third kappa shape index (κ3) is 3.09. The summed E-state index contributed by atoms with van der Waals surface area (Å²) in [6.07, 6.45) is 2.11. The van der Waals surface area contributed by atoms with Crippen LogP contribution in [-0.2, 0) is 16.1 Å². The zero-order valence-electron chi connectivity index (χ0n) is 12.1. The monoisotopic (exact) mass is 319 g/mol. The summed E-state index contributed by atoms with van der Waals surface area (Å²) in [5.74, 6) is -0.895. The van der Waals surface area contributed by atoms with Crippen LogP contribution in [0.15, 0.2) is 29.4 Å². The number of amides is 1. The van der Waals surface area contributed by atoms with Crippen LogP contribution in [0.3, 0.4) is 0 Å². The van der Waals surface area contributed by atoms with Crippen LogP contribution in [0.5, 0.6) is 0 Å². The molecule has 3 rings (SSSR count). The molecule has 1 saturated heterocycles. The molecule has 0 aliphatic carbocycles. The molecule has 1 N–H and O–H groups in total. The van der Waals surface area contributed by atoms with Crippen LogP contribution in [0.1, 0.15) is 12.8 Å². The molecular formula is C15H17N3O3S. The molecule has 0 spiro atoms. The maximum atomic E-state index is 12.4. The summed E-state index contributed by atoms with van der Waals surface area (Å²) in [4.78, 5) is 29.5. The number of aromatic nitrogens is 2. The van der Waals surface area contributed by atoms with E-state index < -0.39 is 5.97 Å². The van der Waals surface area contributed by atoms with Crippen LogP contribution in [0.4, 0.5) is 0 Å². The Morgan fingerprint density at radius 2 is 1.95 bits per heavy atom. The van der Waals surface area contributed by atoms with Gasteiger partial charge in [-0.1, -0.05) is 23.9 Å². The number of nitrogens with zero attached hydrogens (tertiary/aromatic N) is 3. The lowest BCUT2D eigenvalue weighted by atomic mass is 10.3. The number of likely N-dealkylation sites (tertiary alicyclic amines) is 1. The lowest BCUT2D eigenvalue weighted by molar-refractivity contribution is -0.134. The number of carbonyl (C=O) groups is 2. The molecule has 116 valence electrons. The number of thioether (sulfide) groups is 1. The van der Waals surface area contributed by atoms with Gasteiger partial charge in [0.1, 0.15) is 6.54 Å². The van der Waals surface area contributed by atoms with Gasteiger partial charge in [0.2, 0.25) is 5.91 Å². The van der Waals surface area contributed by atoms with Gasteiger partial charge in [-0.25, -0.2) is 4.98 Å². The third-order valence-electron chi connectivity index (χ3n) is 3.70. The molecule has 2 heterocycles. The van der Waals surface area contributed by atoms with E-state index in [2.05, 4.69) is 4.98 Å². The number of para-hydroxylation sites is 2. The zero-order valence-corrected chi connectivity index (χ0v) is 12.9. The highest BCUT2D eigenvalue weighted by molar-refractivity contribution is 7.99. The standard InChI is InChI=1S/C15H17N3O3S/c19-13(17-7-3-4-8-17)9-18-12-6-2-1-5-11(12)16-15(18)22-10-14(20)21/h1-2,5-6H,3-4,7-10H2,(H,20,21). The van der Waals surface area contributed by atoms with E-state index in [1.165, 1.54) is 0 Å². The van der Waals surface area contributed by atoms with Crippen LogP contribution in [-0.4, -0.2) is 50.3 Å². The van der Waals surface area contributed by atoms with E-state index in [-0.39, 0.29) is 18.2 Å². The molecule has 1 amide bonds. The number of carbonyl (C=O) groups excluding carboxylic acids is 1. The quantitative estimate of drug-likeness (QED) is 0.851. The average molecular weight is 319 g/mol. The molecule has 0 bridgehead atoms. The molecule has 0 saturated carbocycles. The predicted molar refractivity (Wildman–Crippen MR) is 83.9 cm³/mol. The highest BCUT2D eigenvalue weighted by Crippen LogP contribution is 2.24. The van der Waals surface area contributed by atoms with Crippen molar-refractivity contribution < 1.29 is 14.7 Å². The number of fused-ring (bicyclic) bond motifs is 1. The van der Waals surface area contributed by atoms with E-state index in [0.29, 0.717) is 5.16 Å². The zero-order chi connectivity index (χ0) is 15.5. The van der Waals surface area contributed by atoms with Gasteiger partial charge in [-0.3, -0.25) is 9.59 Å². The van der Waals surface area contributed by atoms with Crippen molar-refractivity contribution in [3.8, 4) is 0 Å². The normalized spacial score (nSPS) is 14.6. The average Bonchev–Trinajstić information content (AvgIpc) is 3.13. The molecule has 7 heteroatoms. The summed E-state index contributed by atoms with van der Waals surface area (Å²) < 4.78 is 1.82. The van der Waals surface area contributed by atoms with Crippen molar-refractivity contribution >= 4 is 34.7 Å². The van der Waals surface area contributed by atoms with Gasteiger partial charge in [-0.15, -0.1) is 0 Å². The fourth-order valence-electron chi connectivity index (χ4n) is 2.64. The molecule has 0 radical (unpaired) electrons. The number of carboxylic acids is 1. The summed E-state index contributed by atoms with van der Waals surface area (Å²) in [6, 6.07) is 7.56. The van der Waals surface area contributed by atoms with E-state index >= 15 is 0 Å².